The van der Waals surface area contributed by atoms with Crippen molar-refractivity contribution < 1.29 is 14.7 Å². The number of carbonyl (C=O) groups is 2. The molecular weight excluding hydrogens is 466 g/mol. The number of urea groups is 1. The summed E-state index contributed by atoms with van der Waals surface area (Å²) in [5.41, 5.74) is 2.97. The number of halogens is 1. The maximum absolute atomic E-state index is 13.4. The van der Waals surface area contributed by atoms with Gasteiger partial charge in [-0.3, -0.25) is 9.78 Å². The van der Waals surface area contributed by atoms with Gasteiger partial charge in [0.1, 0.15) is 5.75 Å². The topological polar surface area (TPSA) is 98.1 Å². The fraction of sp³-hybridized carbons (Fsp3) is 0.231. The number of hydrogen-bond acceptors (Lipinski definition) is 5. The third-order valence-electron chi connectivity index (χ3n) is 6.27. The lowest BCUT2D eigenvalue weighted by Gasteiger charge is -2.25. The van der Waals surface area contributed by atoms with E-state index in [1.807, 2.05) is 36.4 Å². The number of nitrogens with zero attached hydrogens (tertiary/aromatic N) is 4. The second kappa shape index (κ2) is 9.76. The number of nitrogens with one attached hydrogen (secondary N) is 1. The molecule has 5 rings (SSSR count). The fourth-order valence-corrected chi connectivity index (χ4v) is 4.71. The monoisotopic (exact) mass is 489 g/mol. The van der Waals surface area contributed by atoms with Crippen molar-refractivity contribution in [2.75, 3.05) is 6.54 Å². The molecule has 3 amide bonds. The lowest BCUT2D eigenvalue weighted by atomic mass is 9.98. The minimum Gasteiger partial charge on any atom is -0.508 e. The first-order valence-corrected chi connectivity index (χ1v) is 11.7. The number of phenolic OH excluding ortho intramolecular Hbond substituents is 1. The van der Waals surface area contributed by atoms with E-state index in [1.54, 1.807) is 41.6 Å². The molecule has 8 nitrogen and oxygen atoms in total. The molecule has 0 aliphatic carbocycles. The number of hydrogen-bond donors (Lipinski definition) is 2. The second-order valence-corrected chi connectivity index (χ2v) is 9.04. The maximum Gasteiger partial charge on any atom is 0.338 e. The molecule has 9 heteroatoms. The number of para-hydroxylation sites is 1. The molecule has 2 atom stereocenters. The summed E-state index contributed by atoms with van der Waals surface area (Å²) in [5, 5.41) is 20.0. The number of phenols is 1. The normalized spacial score (nSPS) is 19.7. The predicted octanol–water partition coefficient (Wildman–Crippen LogP) is 4.10. The summed E-state index contributed by atoms with van der Waals surface area (Å²) in [5.74, 6) is 0.0494. The molecule has 2 aromatic carbocycles. The highest BCUT2D eigenvalue weighted by atomic mass is 35.5. The van der Waals surface area contributed by atoms with E-state index in [4.69, 9.17) is 11.6 Å². The highest BCUT2D eigenvalue weighted by Crippen LogP contribution is 2.37. The number of likely N-dealkylation sites (tertiary alicyclic amines) is 1. The number of aromatic nitrogens is 1. The van der Waals surface area contributed by atoms with Crippen molar-refractivity contribution in [1.82, 2.24) is 20.2 Å². The lowest BCUT2D eigenvalue weighted by Crippen LogP contribution is -2.43. The van der Waals surface area contributed by atoms with Gasteiger partial charge in [0.05, 0.1) is 17.8 Å². The van der Waals surface area contributed by atoms with Crippen molar-refractivity contribution in [3.8, 4) is 5.75 Å². The second-order valence-electron chi connectivity index (χ2n) is 8.63. The number of aromatic hydroxyl groups is 1. The van der Waals surface area contributed by atoms with Gasteiger partial charge >= 0.3 is 6.03 Å². The molecule has 178 valence electrons. The molecule has 2 aliphatic heterocycles. The van der Waals surface area contributed by atoms with Crippen LogP contribution in [0.25, 0.3) is 0 Å². The Bertz CT molecular complexity index is 1280. The van der Waals surface area contributed by atoms with Crippen molar-refractivity contribution in [2.45, 2.75) is 31.5 Å². The number of amides is 3. The number of benzene rings is 2. The molecule has 0 radical (unpaired) electrons. The van der Waals surface area contributed by atoms with Gasteiger partial charge in [-0.15, -0.1) is 0 Å². The minimum absolute atomic E-state index is 0.0477. The summed E-state index contributed by atoms with van der Waals surface area (Å²) < 4.78 is 0. The van der Waals surface area contributed by atoms with E-state index in [-0.39, 0.29) is 24.1 Å². The molecule has 1 fully saturated rings. The summed E-state index contributed by atoms with van der Waals surface area (Å²) in [7, 11) is 0. The van der Waals surface area contributed by atoms with Crippen LogP contribution < -0.4 is 5.32 Å². The third kappa shape index (κ3) is 4.83. The number of hydrazone groups is 1. The molecule has 0 saturated carbocycles. The van der Waals surface area contributed by atoms with E-state index in [9.17, 15) is 14.7 Å². The Kier molecular flexibility index (Phi) is 6.37. The Morgan fingerprint density at radius 1 is 1.09 bits per heavy atom. The predicted molar refractivity (Wildman–Crippen MR) is 132 cm³/mol. The van der Waals surface area contributed by atoms with Crippen molar-refractivity contribution in [2.24, 2.45) is 5.10 Å². The van der Waals surface area contributed by atoms with E-state index in [0.29, 0.717) is 35.8 Å². The van der Waals surface area contributed by atoms with Gasteiger partial charge in [-0.2, -0.15) is 5.10 Å². The zero-order valence-electron chi connectivity index (χ0n) is 18.8. The average Bonchev–Trinajstić information content (AvgIpc) is 3.45. The highest BCUT2D eigenvalue weighted by Gasteiger charge is 2.37. The Balaban J connectivity index is 1.33. The zero-order valence-corrected chi connectivity index (χ0v) is 19.6. The van der Waals surface area contributed by atoms with Crippen LogP contribution in [0.2, 0.25) is 5.02 Å². The van der Waals surface area contributed by atoms with Crippen LogP contribution in [0.4, 0.5) is 4.79 Å². The van der Waals surface area contributed by atoms with Gasteiger partial charge in [0, 0.05) is 54.5 Å². The summed E-state index contributed by atoms with van der Waals surface area (Å²) in [4.78, 5) is 31.8. The van der Waals surface area contributed by atoms with E-state index < -0.39 is 12.1 Å². The van der Waals surface area contributed by atoms with Crippen LogP contribution >= 0.6 is 11.6 Å². The SMILES string of the molecule is O=C1CC(NC(=O)N2N=C(c3cccnc3)CC2c2ccccc2O)CN1Cc1ccccc1Cl. The molecule has 3 heterocycles. The highest BCUT2D eigenvalue weighted by molar-refractivity contribution is 6.31. The first-order chi connectivity index (χ1) is 17.0. The molecule has 3 aromatic rings. The van der Waals surface area contributed by atoms with Crippen LogP contribution in [0, 0.1) is 0 Å². The molecular formula is C26H24ClN5O3. The van der Waals surface area contributed by atoms with Crippen LogP contribution in [-0.2, 0) is 11.3 Å². The Morgan fingerprint density at radius 2 is 1.89 bits per heavy atom. The Labute approximate surface area is 207 Å². The Morgan fingerprint density at radius 3 is 2.66 bits per heavy atom. The molecule has 2 aliphatic rings. The maximum atomic E-state index is 13.4. The molecule has 0 bridgehead atoms. The van der Waals surface area contributed by atoms with Gasteiger partial charge in [-0.05, 0) is 23.8 Å². The largest absolute Gasteiger partial charge is 0.508 e. The van der Waals surface area contributed by atoms with E-state index in [0.717, 1.165) is 11.1 Å². The van der Waals surface area contributed by atoms with Gasteiger partial charge in [-0.25, -0.2) is 9.80 Å². The fourth-order valence-electron chi connectivity index (χ4n) is 4.51. The number of pyridine rings is 1. The quantitative estimate of drug-likeness (QED) is 0.563. The van der Waals surface area contributed by atoms with Crippen molar-refractivity contribution >= 4 is 29.3 Å². The number of rotatable bonds is 5. The van der Waals surface area contributed by atoms with Gasteiger partial charge in [0.15, 0.2) is 0 Å². The third-order valence-corrected chi connectivity index (χ3v) is 6.64. The molecule has 35 heavy (non-hydrogen) atoms. The summed E-state index contributed by atoms with van der Waals surface area (Å²) >= 11 is 6.25. The molecule has 1 aromatic heterocycles. The first-order valence-electron chi connectivity index (χ1n) is 11.4. The van der Waals surface area contributed by atoms with E-state index >= 15 is 0 Å². The van der Waals surface area contributed by atoms with E-state index in [2.05, 4.69) is 15.4 Å². The molecule has 2 unspecified atom stereocenters. The average molecular weight is 490 g/mol. The zero-order chi connectivity index (χ0) is 24.4. The molecule has 1 saturated heterocycles. The minimum atomic E-state index is -0.484. The summed E-state index contributed by atoms with van der Waals surface area (Å²) in [6.07, 6.45) is 4.00. The van der Waals surface area contributed by atoms with Crippen molar-refractivity contribution in [3.63, 3.8) is 0 Å². The van der Waals surface area contributed by atoms with Crippen LogP contribution in [0.15, 0.2) is 78.2 Å². The Hall–Kier alpha value is -3.91. The van der Waals surface area contributed by atoms with Crippen molar-refractivity contribution in [1.29, 1.82) is 0 Å². The van der Waals surface area contributed by atoms with Crippen molar-refractivity contribution in [3.05, 3.63) is 94.8 Å². The standard InChI is InChI=1S/C26H24ClN5O3/c27-21-9-3-1-6-18(21)15-31-16-19(12-25(31)34)29-26(35)32-23(20-8-2-4-10-24(20)33)13-22(30-32)17-7-5-11-28-14-17/h1-11,14,19,23,33H,12-13,15-16H2,(H,29,35). The van der Waals surface area contributed by atoms with Crippen LogP contribution in [-0.4, -0.2) is 50.2 Å². The van der Waals surface area contributed by atoms with Crippen LogP contribution in [0.5, 0.6) is 5.75 Å². The molecule has 0 spiro atoms. The van der Waals surface area contributed by atoms with E-state index in [1.165, 1.54) is 5.01 Å². The van der Waals surface area contributed by atoms with Gasteiger partial charge in [-0.1, -0.05) is 54.1 Å². The van der Waals surface area contributed by atoms with Gasteiger partial charge < -0.3 is 15.3 Å². The smallest absolute Gasteiger partial charge is 0.338 e. The van der Waals surface area contributed by atoms with Gasteiger partial charge in [0.25, 0.3) is 0 Å². The first kappa shape index (κ1) is 22.9. The summed E-state index contributed by atoms with van der Waals surface area (Å²) in [6, 6.07) is 16.8. The summed E-state index contributed by atoms with van der Waals surface area (Å²) in [6.45, 7) is 0.766. The lowest BCUT2D eigenvalue weighted by molar-refractivity contribution is -0.128. The van der Waals surface area contributed by atoms with Gasteiger partial charge in [0.2, 0.25) is 5.91 Å². The molecule has 2 N–H and O–H groups in total. The number of carbonyl (C=O) groups excluding carboxylic acids is 2. The van der Waals surface area contributed by atoms with Crippen LogP contribution in [0.3, 0.4) is 0 Å². The van der Waals surface area contributed by atoms with Crippen LogP contribution in [0.1, 0.15) is 35.6 Å².